The van der Waals surface area contributed by atoms with Crippen LogP contribution in [0.15, 0.2) is 41.3 Å². The molecule has 0 nitrogen and oxygen atoms in total. The molecule has 2 aromatic rings. The SMILES string of the molecule is Sc1[c]ccc2ccccc12. The summed E-state index contributed by atoms with van der Waals surface area (Å²) in [5.41, 5.74) is 0. The third-order valence-corrected chi connectivity index (χ3v) is 2.07. The van der Waals surface area contributed by atoms with Gasteiger partial charge in [-0.25, -0.2) is 0 Å². The number of hydrogen-bond acceptors (Lipinski definition) is 1. The van der Waals surface area contributed by atoms with E-state index in [2.05, 4.69) is 24.8 Å². The number of fused-ring (bicyclic) bond motifs is 1. The van der Waals surface area contributed by atoms with Crippen molar-refractivity contribution in [1.29, 1.82) is 0 Å². The summed E-state index contributed by atoms with van der Waals surface area (Å²) in [6, 6.07) is 15.1. The minimum absolute atomic E-state index is 0.920. The van der Waals surface area contributed by atoms with Gasteiger partial charge >= 0.3 is 0 Å². The van der Waals surface area contributed by atoms with Crippen LogP contribution in [0.1, 0.15) is 0 Å². The Morgan fingerprint density at radius 2 is 1.91 bits per heavy atom. The van der Waals surface area contributed by atoms with Gasteiger partial charge in [-0.05, 0) is 16.8 Å². The van der Waals surface area contributed by atoms with Crippen LogP contribution >= 0.6 is 12.6 Å². The predicted octanol–water partition coefficient (Wildman–Crippen LogP) is 2.93. The van der Waals surface area contributed by atoms with E-state index in [1.54, 1.807) is 0 Å². The molecule has 11 heavy (non-hydrogen) atoms. The van der Waals surface area contributed by atoms with Gasteiger partial charge in [0.05, 0.1) is 0 Å². The molecular weight excluding hydrogens is 152 g/mol. The average molecular weight is 159 g/mol. The molecule has 2 rings (SSSR count). The lowest BCUT2D eigenvalue weighted by atomic mass is 10.1. The lowest BCUT2D eigenvalue weighted by molar-refractivity contribution is 1.54. The first kappa shape index (κ1) is 6.74. The molecule has 0 aromatic heterocycles. The molecule has 0 aliphatic heterocycles. The Labute approximate surface area is 71.3 Å². The maximum absolute atomic E-state index is 4.29. The van der Waals surface area contributed by atoms with E-state index >= 15 is 0 Å². The van der Waals surface area contributed by atoms with Crippen molar-refractivity contribution < 1.29 is 0 Å². The van der Waals surface area contributed by atoms with Crippen molar-refractivity contribution in [2.45, 2.75) is 4.90 Å². The molecule has 0 saturated heterocycles. The van der Waals surface area contributed by atoms with Crippen molar-refractivity contribution in [1.82, 2.24) is 0 Å². The molecule has 0 atom stereocenters. The highest BCUT2D eigenvalue weighted by Gasteiger charge is 1.93. The van der Waals surface area contributed by atoms with Gasteiger partial charge in [-0.3, -0.25) is 0 Å². The second-order valence-electron chi connectivity index (χ2n) is 2.41. The van der Waals surface area contributed by atoms with Gasteiger partial charge in [0.15, 0.2) is 0 Å². The normalized spacial score (nSPS) is 10.3. The Morgan fingerprint density at radius 3 is 2.73 bits per heavy atom. The van der Waals surface area contributed by atoms with Gasteiger partial charge in [-0.1, -0.05) is 36.4 Å². The van der Waals surface area contributed by atoms with Crippen LogP contribution in [0.2, 0.25) is 0 Å². The molecule has 0 N–H and O–H groups in total. The summed E-state index contributed by atoms with van der Waals surface area (Å²) in [4.78, 5) is 0.920. The molecule has 53 valence electrons. The summed E-state index contributed by atoms with van der Waals surface area (Å²) in [5, 5.41) is 2.38. The zero-order valence-electron chi connectivity index (χ0n) is 5.91. The maximum Gasteiger partial charge on any atom is 0.0198 e. The van der Waals surface area contributed by atoms with Crippen molar-refractivity contribution in [3.05, 3.63) is 42.5 Å². The lowest BCUT2D eigenvalue weighted by Gasteiger charge is -1.97. The van der Waals surface area contributed by atoms with Gasteiger partial charge in [0.1, 0.15) is 0 Å². The molecule has 0 amide bonds. The van der Waals surface area contributed by atoms with Gasteiger partial charge in [0.25, 0.3) is 0 Å². The zero-order chi connectivity index (χ0) is 7.68. The van der Waals surface area contributed by atoms with Gasteiger partial charge in [-0.2, -0.15) is 0 Å². The van der Waals surface area contributed by atoms with Crippen molar-refractivity contribution >= 4 is 23.4 Å². The molecule has 0 aliphatic rings. The van der Waals surface area contributed by atoms with Crippen LogP contribution in [-0.2, 0) is 0 Å². The summed E-state index contributed by atoms with van der Waals surface area (Å²) in [5.74, 6) is 0. The molecule has 2 aromatic carbocycles. The molecule has 0 bridgehead atoms. The van der Waals surface area contributed by atoms with E-state index in [1.807, 2.05) is 30.3 Å². The topological polar surface area (TPSA) is 0 Å². The molecule has 0 aliphatic carbocycles. The van der Waals surface area contributed by atoms with Crippen molar-refractivity contribution in [2.24, 2.45) is 0 Å². The molecule has 0 spiro atoms. The van der Waals surface area contributed by atoms with Crippen molar-refractivity contribution in [3.63, 3.8) is 0 Å². The highest BCUT2D eigenvalue weighted by Crippen LogP contribution is 2.20. The molecule has 1 heteroatoms. The number of rotatable bonds is 0. The summed E-state index contributed by atoms with van der Waals surface area (Å²) in [7, 11) is 0. The highest BCUT2D eigenvalue weighted by molar-refractivity contribution is 7.80. The maximum atomic E-state index is 4.29. The predicted molar refractivity (Wildman–Crippen MR) is 50.0 cm³/mol. The fourth-order valence-corrected chi connectivity index (χ4v) is 1.42. The Bertz CT molecular complexity index is 374. The standard InChI is InChI=1S/C10H7S/c11-10-7-3-5-8-4-1-2-6-9(8)10/h1-6,11H. The van der Waals surface area contributed by atoms with E-state index < -0.39 is 0 Å². The van der Waals surface area contributed by atoms with Gasteiger partial charge in [0.2, 0.25) is 0 Å². The minimum Gasteiger partial charge on any atom is -0.142 e. The van der Waals surface area contributed by atoms with Crippen LogP contribution < -0.4 is 0 Å². The fraction of sp³-hybridized carbons (Fsp3) is 0. The second-order valence-corrected chi connectivity index (χ2v) is 2.86. The monoisotopic (exact) mass is 159 g/mol. The minimum atomic E-state index is 0.920. The van der Waals surface area contributed by atoms with E-state index in [0.717, 1.165) is 4.90 Å². The van der Waals surface area contributed by atoms with Crippen LogP contribution in [0.25, 0.3) is 10.8 Å². The first-order valence-electron chi connectivity index (χ1n) is 3.46. The van der Waals surface area contributed by atoms with Crippen LogP contribution in [0.5, 0.6) is 0 Å². The van der Waals surface area contributed by atoms with Crippen molar-refractivity contribution in [3.8, 4) is 0 Å². The Kier molecular flexibility index (Phi) is 1.59. The smallest absolute Gasteiger partial charge is 0.0198 e. The van der Waals surface area contributed by atoms with Crippen LogP contribution in [0.4, 0.5) is 0 Å². The Morgan fingerprint density at radius 1 is 1.09 bits per heavy atom. The third-order valence-electron chi connectivity index (χ3n) is 1.70. The molecule has 0 saturated carbocycles. The first-order valence-corrected chi connectivity index (χ1v) is 3.91. The van der Waals surface area contributed by atoms with Gasteiger partial charge < -0.3 is 0 Å². The first-order chi connectivity index (χ1) is 5.38. The number of benzene rings is 2. The second kappa shape index (κ2) is 2.59. The van der Waals surface area contributed by atoms with Crippen LogP contribution in [0.3, 0.4) is 0 Å². The summed E-state index contributed by atoms with van der Waals surface area (Å²) in [6.07, 6.45) is 0. The molecule has 1 radical (unpaired) electrons. The fourth-order valence-electron chi connectivity index (χ4n) is 1.15. The summed E-state index contributed by atoms with van der Waals surface area (Å²) >= 11 is 4.29. The van der Waals surface area contributed by atoms with E-state index in [9.17, 15) is 0 Å². The number of thiol groups is 1. The molecular formula is C10H7S. The number of hydrogen-bond donors (Lipinski definition) is 1. The van der Waals surface area contributed by atoms with Gasteiger partial charge in [0, 0.05) is 4.90 Å². The van der Waals surface area contributed by atoms with Gasteiger partial charge in [-0.15, -0.1) is 12.6 Å². The largest absolute Gasteiger partial charge is 0.142 e. The molecule has 0 heterocycles. The zero-order valence-corrected chi connectivity index (χ0v) is 6.81. The lowest BCUT2D eigenvalue weighted by Crippen LogP contribution is -1.72. The Balaban J connectivity index is 2.91. The van der Waals surface area contributed by atoms with Crippen LogP contribution in [0, 0.1) is 6.07 Å². The molecule has 0 unspecified atom stereocenters. The Hall–Kier alpha value is -0.950. The van der Waals surface area contributed by atoms with Crippen molar-refractivity contribution in [2.75, 3.05) is 0 Å². The summed E-state index contributed by atoms with van der Waals surface area (Å²) in [6.45, 7) is 0. The third kappa shape index (κ3) is 1.12. The van der Waals surface area contributed by atoms with E-state index in [-0.39, 0.29) is 0 Å². The highest BCUT2D eigenvalue weighted by atomic mass is 32.1. The quantitative estimate of drug-likeness (QED) is 0.561. The summed E-state index contributed by atoms with van der Waals surface area (Å²) < 4.78 is 0. The average Bonchev–Trinajstić information content (AvgIpc) is 2.06. The van der Waals surface area contributed by atoms with E-state index in [4.69, 9.17) is 0 Å². The van der Waals surface area contributed by atoms with E-state index in [0.29, 0.717) is 0 Å². The van der Waals surface area contributed by atoms with E-state index in [1.165, 1.54) is 10.8 Å². The van der Waals surface area contributed by atoms with Crippen LogP contribution in [-0.4, -0.2) is 0 Å². The molecule has 0 fully saturated rings.